The summed E-state index contributed by atoms with van der Waals surface area (Å²) in [6.45, 7) is 3.30. The van der Waals surface area contributed by atoms with Gasteiger partial charge in [0.05, 0.1) is 27.7 Å². The molecule has 132 valence electrons. The van der Waals surface area contributed by atoms with Gasteiger partial charge >= 0.3 is 5.97 Å². The van der Waals surface area contributed by atoms with Crippen LogP contribution in [0.1, 0.15) is 22.8 Å². The largest absolute Gasteiger partial charge is 0.462 e. The molecule has 2 rings (SSSR count). The van der Waals surface area contributed by atoms with Crippen LogP contribution in [0.3, 0.4) is 0 Å². The number of hydrogen-bond acceptors (Lipinski definition) is 6. The lowest BCUT2D eigenvalue weighted by molar-refractivity contribution is -0.385. The van der Waals surface area contributed by atoms with Crippen LogP contribution in [-0.4, -0.2) is 25.9 Å². The van der Waals surface area contributed by atoms with E-state index in [-0.39, 0.29) is 28.4 Å². The van der Waals surface area contributed by atoms with E-state index < -0.39 is 20.9 Å². The average Bonchev–Trinajstić information content (AvgIpc) is 2.55. The molecule has 0 unspecified atom stereocenters. The highest BCUT2D eigenvalue weighted by molar-refractivity contribution is 7.92. The number of para-hydroxylation sites is 1. The third-order valence-electron chi connectivity index (χ3n) is 3.34. The van der Waals surface area contributed by atoms with Crippen molar-refractivity contribution < 1.29 is 22.9 Å². The number of esters is 1. The predicted molar refractivity (Wildman–Crippen MR) is 91.0 cm³/mol. The smallest absolute Gasteiger partial charge is 0.340 e. The second-order valence-electron chi connectivity index (χ2n) is 5.08. The molecule has 0 atom stereocenters. The number of carbonyl (C=O) groups excluding carboxylic acids is 1. The van der Waals surface area contributed by atoms with Crippen molar-refractivity contribution in [1.82, 2.24) is 0 Å². The van der Waals surface area contributed by atoms with Crippen molar-refractivity contribution in [2.24, 2.45) is 0 Å². The number of hydrogen-bond donors (Lipinski definition) is 1. The maximum atomic E-state index is 12.6. The van der Waals surface area contributed by atoms with Crippen molar-refractivity contribution in [2.75, 3.05) is 11.3 Å². The van der Waals surface area contributed by atoms with Crippen molar-refractivity contribution in [3.05, 3.63) is 63.7 Å². The topological polar surface area (TPSA) is 116 Å². The number of nitro benzene ring substituents is 1. The second-order valence-corrected chi connectivity index (χ2v) is 6.73. The number of anilines is 1. The van der Waals surface area contributed by atoms with Crippen LogP contribution in [0.4, 0.5) is 11.4 Å². The molecule has 0 bridgehead atoms. The van der Waals surface area contributed by atoms with Crippen molar-refractivity contribution in [2.45, 2.75) is 18.7 Å². The first-order valence-electron chi connectivity index (χ1n) is 7.30. The van der Waals surface area contributed by atoms with Crippen LogP contribution in [0, 0.1) is 17.0 Å². The summed E-state index contributed by atoms with van der Waals surface area (Å²) in [5.41, 5.74) is 0.0826. The number of nitrogens with one attached hydrogen (secondary N) is 1. The Morgan fingerprint density at radius 2 is 1.92 bits per heavy atom. The number of nitrogens with zero attached hydrogens (tertiary/aromatic N) is 1. The lowest BCUT2D eigenvalue weighted by atomic mass is 10.2. The monoisotopic (exact) mass is 364 g/mol. The Morgan fingerprint density at radius 3 is 2.56 bits per heavy atom. The third kappa shape index (κ3) is 4.13. The molecule has 25 heavy (non-hydrogen) atoms. The van der Waals surface area contributed by atoms with E-state index in [4.69, 9.17) is 4.74 Å². The summed E-state index contributed by atoms with van der Waals surface area (Å²) in [4.78, 5) is 21.9. The molecule has 0 aliphatic heterocycles. The highest BCUT2D eigenvalue weighted by Gasteiger charge is 2.23. The predicted octanol–water partition coefficient (Wildman–Crippen LogP) is 2.88. The van der Waals surface area contributed by atoms with Gasteiger partial charge in [0.25, 0.3) is 15.7 Å². The molecule has 8 nitrogen and oxygen atoms in total. The van der Waals surface area contributed by atoms with E-state index in [9.17, 15) is 23.3 Å². The van der Waals surface area contributed by atoms with Gasteiger partial charge in [0.15, 0.2) is 0 Å². The number of aryl methyl sites for hydroxylation is 1. The Balaban J connectivity index is 2.46. The first-order valence-corrected chi connectivity index (χ1v) is 8.78. The van der Waals surface area contributed by atoms with E-state index in [2.05, 4.69) is 4.72 Å². The van der Waals surface area contributed by atoms with E-state index in [0.29, 0.717) is 5.56 Å². The van der Waals surface area contributed by atoms with Gasteiger partial charge in [-0.15, -0.1) is 0 Å². The van der Waals surface area contributed by atoms with Crippen LogP contribution < -0.4 is 4.72 Å². The number of sulfonamides is 1. The molecule has 0 saturated heterocycles. The van der Waals surface area contributed by atoms with Gasteiger partial charge in [-0.25, -0.2) is 13.2 Å². The highest BCUT2D eigenvalue weighted by atomic mass is 32.2. The fourth-order valence-corrected chi connectivity index (χ4v) is 3.50. The van der Waals surface area contributed by atoms with Crippen molar-refractivity contribution in [1.29, 1.82) is 0 Å². The molecule has 0 aliphatic carbocycles. The molecule has 9 heteroatoms. The van der Waals surface area contributed by atoms with Gasteiger partial charge < -0.3 is 4.74 Å². The SMILES string of the molecule is CCOC(=O)c1ccccc1NS(=O)(=O)c1cc([N+](=O)[O-])ccc1C. The van der Waals surface area contributed by atoms with Crippen LogP contribution in [-0.2, 0) is 14.8 Å². The maximum Gasteiger partial charge on any atom is 0.340 e. The van der Waals surface area contributed by atoms with Crippen LogP contribution in [0.2, 0.25) is 0 Å². The Hall–Kier alpha value is -2.94. The van der Waals surface area contributed by atoms with Gasteiger partial charge in [-0.1, -0.05) is 18.2 Å². The molecule has 0 radical (unpaired) electrons. The normalized spacial score (nSPS) is 11.0. The number of ether oxygens (including phenoxy) is 1. The molecule has 2 aromatic rings. The van der Waals surface area contributed by atoms with Gasteiger partial charge in [-0.3, -0.25) is 14.8 Å². The van der Waals surface area contributed by atoms with E-state index in [1.807, 2.05) is 0 Å². The number of carbonyl (C=O) groups is 1. The Bertz CT molecular complexity index is 924. The number of rotatable bonds is 6. The van der Waals surface area contributed by atoms with Crippen molar-refractivity contribution in [3.8, 4) is 0 Å². The van der Waals surface area contributed by atoms with Gasteiger partial charge in [-0.2, -0.15) is 0 Å². The molecule has 0 fully saturated rings. The van der Waals surface area contributed by atoms with E-state index >= 15 is 0 Å². The molecule has 2 aromatic carbocycles. The Labute approximate surface area is 144 Å². The van der Waals surface area contributed by atoms with E-state index in [1.54, 1.807) is 19.1 Å². The summed E-state index contributed by atoms with van der Waals surface area (Å²) in [6, 6.07) is 9.52. The quantitative estimate of drug-likeness (QED) is 0.479. The summed E-state index contributed by atoms with van der Waals surface area (Å²) < 4.78 is 32.5. The van der Waals surface area contributed by atoms with Crippen LogP contribution >= 0.6 is 0 Å². The van der Waals surface area contributed by atoms with Crippen molar-refractivity contribution in [3.63, 3.8) is 0 Å². The molecular weight excluding hydrogens is 348 g/mol. The molecule has 1 N–H and O–H groups in total. The molecular formula is C16H16N2O6S. The fraction of sp³-hybridized carbons (Fsp3) is 0.188. The number of nitro groups is 1. The minimum Gasteiger partial charge on any atom is -0.462 e. The summed E-state index contributed by atoms with van der Waals surface area (Å²) in [7, 11) is -4.13. The first-order chi connectivity index (χ1) is 11.8. The third-order valence-corrected chi connectivity index (χ3v) is 4.85. The second kappa shape index (κ2) is 7.31. The van der Waals surface area contributed by atoms with Crippen LogP contribution in [0.25, 0.3) is 0 Å². The van der Waals surface area contributed by atoms with E-state index in [1.165, 1.54) is 31.2 Å². The standard InChI is InChI=1S/C16H16N2O6S/c1-3-24-16(19)13-6-4-5-7-14(13)17-25(22,23)15-10-12(18(20)21)9-8-11(15)2/h4-10,17H,3H2,1-2H3. The summed E-state index contributed by atoms with van der Waals surface area (Å²) in [6.07, 6.45) is 0. The van der Waals surface area contributed by atoms with Crippen LogP contribution in [0.5, 0.6) is 0 Å². The van der Waals surface area contributed by atoms with Gasteiger partial charge in [0, 0.05) is 12.1 Å². The Kier molecular flexibility index (Phi) is 5.38. The summed E-state index contributed by atoms with van der Waals surface area (Å²) in [5.74, 6) is -0.670. The first kappa shape index (κ1) is 18.4. The average molecular weight is 364 g/mol. The number of non-ortho nitro benzene ring substituents is 1. The zero-order valence-corrected chi connectivity index (χ0v) is 14.4. The molecule has 0 aliphatic rings. The highest BCUT2D eigenvalue weighted by Crippen LogP contribution is 2.25. The van der Waals surface area contributed by atoms with E-state index in [0.717, 1.165) is 6.07 Å². The summed E-state index contributed by atoms with van der Waals surface area (Å²) >= 11 is 0. The Morgan fingerprint density at radius 1 is 1.24 bits per heavy atom. The van der Waals surface area contributed by atoms with Crippen molar-refractivity contribution >= 4 is 27.4 Å². The van der Waals surface area contributed by atoms with Crippen LogP contribution in [0.15, 0.2) is 47.4 Å². The van der Waals surface area contributed by atoms with Gasteiger partial charge in [0.1, 0.15) is 0 Å². The minimum absolute atomic E-state index is 0.0341. The molecule has 0 spiro atoms. The molecule has 0 saturated carbocycles. The molecule has 0 aromatic heterocycles. The lowest BCUT2D eigenvalue weighted by Gasteiger charge is -2.13. The minimum atomic E-state index is -4.13. The van der Waals surface area contributed by atoms with Gasteiger partial charge in [-0.05, 0) is 31.5 Å². The molecule has 0 amide bonds. The zero-order chi connectivity index (χ0) is 18.6. The zero-order valence-electron chi connectivity index (χ0n) is 13.6. The fourth-order valence-electron chi connectivity index (χ4n) is 2.15. The molecule has 0 heterocycles. The lowest BCUT2D eigenvalue weighted by Crippen LogP contribution is -2.17. The summed E-state index contributed by atoms with van der Waals surface area (Å²) in [5, 5.41) is 10.9. The number of benzene rings is 2. The van der Waals surface area contributed by atoms with Gasteiger partial charge in [0.2, 0.25) is 0 Å². The maximum absolute atomic E-state index is 12.6.